The van der Waals surface area contributed by atoms with Crippen LogP contribution < -0.4 is 30.6 Å². The highest BCUT2D eigenvalue weighted by molar-refractivity contribution is 5.97. The SMILES string of the molecule is CNC(=O)c1nc(-c2cccc(C(=O)NCc3c(OC)cc(OC)cc3OC)c2)cnc1N. The zero-order chi connectivity index (χ0) is 24.0. The van der Waals surface area contributed by atoms with Crippen LogP contribution in [0.5, 0.6) is 17.2 Å². The van der Waals surface area contributed by atoms with Gasteiger partial charge in [0.1, 0.15) is 17.2 Å². The monoisotopic (exact) mass is 451 g/mol. The molecule has 2 amide bonds. The number of aromatic nitrogens is 2. The lowest BCUT2D eigenvalue weighted by Gasteiger charge is -2.15. The Balaban J connectivity index is 1.84. The van der Waals surface area contributed by atoms with E-state index in [1.807, 2.05) is 0 Å². The molecule has 33 heavy (non-hydrogen) atoms. The minimum Gasteiger partial charge on any atom is -0.496 e. The van der Waals surface area contributed by atoms with Crippen LogP contribution in [0.3, 0.4) is 0 Å². The van der Waals surface area contributed by atoms with Crippen LogP contribution in [0.2, 0.25) is 0 Å². The van der Waals surface area contributed by atoms with E-state index in [0.717, 1.165) is 0 Å². The summed E-state index contributed by atoms with van der Waals surface area (Å²) >= 11 is 0. The van der Waals surface area contributed by atoms with Gasteiger partial charge in [-0.3, -0.25) is 9.59 Å². The highest BCUT2D eigenvalue weighted by Crippen LogP contribution is 2.34. The second-order valence-corrected chi connectivity index (χ2v) is 6.84. The number of hydrogen-bond donors (Lipinski definition) is 3. The van der Waals surface area contributed by atoms with Crippen LogP contribution >= 0.6 is 0 Å². The first-order chi connectivity index (χ1) is 15.9. The second kappa shape index (κ2) is 10.3. The number of carbonyl (C=O) groups is 2. The fourth-order valence-corrected chi connectivity index (χ4v) is 3.17. The van der Waals surface area contributed by atoms with Crippen molar-refractivity contribution in [3.05, 3.63) is 59.4 Å². The zero-order valence-electron chi connectivity index (χ0n) is 18.8. The Morgan fingerprint density at radius 2 is 1.70 bits per heavy atom. The number of amides is 2. The van der Waals surface area contributed by atoms with Crippen molar-refractivity contribution in [3.63, 3.8) is 0 Å². The minimum atomic E-state index is -0.446. The molecule has 0 saturated carbocycles. The third-order valence-electron chi connectivity index (χ3n) is 4.91. The van der Waals surface area contributed by atoms with E-state index in [-0.39, 0.29) is 24.0 Å². The second-order valence-electron chi connectivity index (χ2n) is 6.84. The van der Waals surface area contributed by atoms with Crippen LogP contribution in [0.25, 0.3) is 11.3 Å². The molecule has 3 aromatic rings. The van der Waals surface area contributed by atoms with Gasteiger partial charge in [-0.2, -0.15) is 0 Å². The molecule has 0 atom stereocenters. The number of nitrogens with one attached hydrogen (secondary N) is 2. The van der Waals surface area contributed by atoms with Gasteiger partial charge in [-0.15, -0.1) is 0 Å². The molecule has 2 aromatic carbocycles. The Kier molecular flexibility index (Phi) is 7.29. The van der Waals surface area contributed by atoms with Gasteiger partial charge in [0.15, 0.2) is 11.5 Å². The smallest absolute Gasteiger partial charge is 0.273 e. The van der Waals surface area contributed by atoms with Gasteiger partial charge >= 0.3 is 0 Å². The first kappa shape index (κ1) is 23.3. The third-order valence-corrected chi connectivity index (χ3v) is 4.91. The molecule has 0 saturated heterocycles. The van der Waals surface area contributed by atoms with Crippen molar-refractivity contribution in [3.8, 4) is 28.5 Å². The first-order valence-electron chi connectivity index (χ1n) is 9.93. The fraction of sp³-hybridized carbons (Fsp3) is 0.217. The third kappa shape index (κ3) is 5.12. The molecular formula is C23H25N5O5. The Morgan fingerprint density at radius 1 is 1.00 bits per heavy atom. The average molecular weight is 451 g/mol. The van der Waals surface area contributed by atoms with Gasteiger partial charge in [-0.1, -0.05) is 12.1 Å². The molecule has 172 valence electrons. The van der Waals surface area contributed by atoms with E-state index in [1.165, 1.54) is 27.5 Å². The summed E-state index contributed by atoms with van der Waals surface area (Å²) in [6.07, 6.45) is 1.45. The molecule has 0 radical (unpaired) electrons. The van der Waals surface area contributed by atoms with Crippen molar-refractivity contribution in [2.24, 2.45) is 0 Å². The molecule has 0 spiro atoms. The Hall–Kier alpha value is -4.34. The van der Waals surface area contributed by atoms with Gasteiger partial charge in [0, 0.05) is 30.3 Å². The van der Waals surface area contributed by atoms with Crippen LogP contribution in [-0.2, 0) is 6.54 Å². The van der Waals surface area contributed by atoms with Gasteiger partial charge in [0.05, 0.1) is 45.3 Å². The number of carbonyl (C=O) groups excluding carboxylic acids is 2. The Labute approximate surface area is 191 Å². The molecule has 0 bridgehead atoms. The van der Waals surface area contributed by atoms with Crippen LogP contribution in [-0.4, -0.2) is 50.2 Å². The largest absolute Gasteiger partial charge is 0.496 e. The first-order valence-corrected chi connectivity index (χ1v) is 9.93. The predicted octanol–water partition coefficient (Wildman–Crippen LogP) is 2.04. The number of hydrogen-bond acceptors (Lipinski definition) is 8. The number of anilines is 1. The Bertz CT molecular complexity index is 1160. The van der Waals surface area contributed by atoms with Crippen LogP contribution in [0.1, 0.15) is 26.4 Å². The van der Waals surface area contributed by atoms with Crippen LogP contribution in [0, 0.1) is 0 Å². The molecule has 0 fully saturated rings. The van der Waals surface area contributed by atoms with Crippen molar-refractivity contribution in [2.45, 2.75) is 6.54 Å². The van der Waals surface area contributed by atoms with E-state index >= 15 is 0 Å². The van der Waals surface area contributed by atoms with E-state index in [9.17, 15) is 9.59 Å². The highest BCUT2D eigenvalue weighted by atomic mass is 16.5. The summed E-state index contributed by atoms with van der Waals surface area (Å²) in [5.74, 6) is 0.893. The molecule has 10 heteroatoms. The fourth-order valence-electron chi connectivity index (χ4n) is 3.17. The molecule has 0 aliphatic rings. The minimum absolute atomic E-state index is 0.0172. The maximum atomic E-state index is 12.9. The number of rotatable bonds is 8. The Morgan fingerprint density at radius 3 is 2.30 bits per heavy atom. The van der Waals surface area contributed by atoms with Crippen LogP contribution in [0.15, 0.2) is 42.6 Å². The van der Waals surface area contributed by atoms with Crippen molar-refractivity contribution in [1.82, 2.24) is 20.6 Å². The molecule has 0 unspecified atom stereocenters. The number of benzene rings is 2. The number of nitrogen functional groups attached to an aromatic ring is 1. The van der Waals surface area contributed by atoms with E-state index in [1.54, 1.807) is 43.5 Å². The maximum absolute atomic E-state index is 12.9. The summed E-state index contributed by atoms with van der Waals surface area (Å²) in [5, 5.41) is 5.34. The maximum Gasteiger partial charge on any atom is 0.273 e. The van der Waals surface area contributed by atoms with Crippen molar-refractivity contribution < 1.29 is 23.8 Å². The summed E-state index contributed by atoms with van der Waals surface area (Å²) in [5.41, 5.74) is 7.87. The molecule has 0 aliphatic carbocycles. The summed E-state index contributed by atoms with van der Waals surface area (Å²) in [6, 6.07) is 10.2. The molecule has 0 aliphatic heterocycles. The van der Waals surface area contributed by atoms with Gasteiger partial charge < -0.3 is 30.6 Å². The van der Waals surface area contributed by atoms with Crippen molar-refractivity contribution in [1.29, 1.82) is 0 Å². The van der Waals surface area contributed by atoms with Crippen molar-refractivity contribution in [2.75, 3.05) is 34.1 Å². The lowest BCUT2D eigenvalue weighted by Crippen LogP contribution is -2.23. The topological polar surface area (TPSA) is 138 Å². The van der Waals surface area contributed by atoms with E-state index in [0.29, 0.717) is 39.6 Å². The van der Waals surface area contributed by atoms with Gasteiger partial charge in [0.25, 0.3) is 11.8 Å². The number of nitrogens with zero attached hydrogens (tertiary/aromatic N) is 2. The van der Waals surface area contributed by atoms with E-state index in [4.69, 9.17) is 19.9 Å². The number of methoxy groups -OCH3 is 3. The molecular weight excluding hydrogens is 426 g/mol. The molecule has 1 heterocycles. The predicted molar refractivity (Wildman–Crippen MR) is 123 cm³/mol. The lowest BCUT2D eigenvalue weighted by molar-refractivity contribution is 0.0945. The summed E-state index contributed by atoms with van der Waals surface area (Å²) in [7, 11) is 6.09. The summed E-state index contributed by atoms with van der Waals surface area (Å²) in [6.45, 7) is 0.169. The standard InChI is InChI=1S/C23H25N5O5/c1-25-23(30)20-21(24)26-12-17(28-20)13-6-5-7-14(8-13)22(29)27-11-16-18(32-3)9-15(31-2)10-19(16)33-4/h5-10,12H,11H2,1-4H3,(H2,24,26)(H,25,30)(H,27,29). The number of nitrogens with two attached hydrogens (primary N) is 1. The molecule has 3 rings (SSSR count). The van der Waals surface area contributed by atoms with Crippen molar-refractivity contribution >= 4 is 17.6 Å². The van der Waals surface area contributed by atoms with E-state index < -0.39 is 5.91 Å². The zero-order valence-corrected chi connectivity index (χ0v) is 18.8. The summed E-state index contributed by atoms with van der Waals surface area (Å²) < 4.78 is 16.1. The van der Waals surface area contributed by atoms with Gasteiger partial charge in [-0.05, 0) is 12.1 Å². The molecule has 4 N–H and O–H groups in total. The normalized spacial score (nSPS) is 10.3. The van der Waals surface area contributed by atoms with Gasteiger partial charge in [0.2, 0.25) is 0 Å². The number of ether oxygens (including phenoxy) is 3. The van der Waals surface area contributed by atoms with Gasteiger partial charge in [-0.25, -0.2) is 9.97 Å². The molecule has 1 aromatic heterocycles. The lowest BCUT2D eigenvalue weighted by atomic mass is 10.1. The highest BCUT2D eigenvalue weighted by Gasteiger charge is 2.17. The van der Waals surface area contributed by atoms with Crippen LogP contribution in [0.4, 0.5) is 5.82 Å². The quantitative estimate of drug-likeness (QED) is 0.473. The average Bonchev–Trinajstić information content (AvgIpc) is 2.86. The van der Waals surface area contributed by atoms with E-state index in [2.05, 4.69) is 20.6 Å². The summed E-state index contributed by atoms with van der Waals surface area (Å²) in [4.78, 5) is 33.2. The molecule has 10 nitrogen and oxygen atoms in total.